The summed E-state index contributed by atoms with van der Waals surface area (Å²) in [6.07, 6.45) is 2.85. The maximum Gasteiger partial charge on any atom is 0.257 e. The molecule has 1 aromatic carbocycles. The molecule has 0 unspecified atom stereocenters. The first-order valence-electron chi connectivity index (χ1n) is 6.32. The van der Waals surface area contributed by atoms with Crippen molar-refractivity contribution in [2.75, 3.05) is 14.2 Å². The molecular formula is C15H16N2O4. The highest BCUT2D eigenvalue weighted by atomic mass is 16.5. The van der Waals surface area contributed by atoms with Crippen molar-refractivity contribution in [2.24, 2.45) is 0 Å². The van der Waals surface area contributed by atoms with Gasteiger partial charge in [0.15, 0.2) is 5.43 Å². The number of aromatic nitrogens is 1. The highest BCUT2D eigenvalue weighted by Gasteiger charge is 2.11. The highest BCUT2D eigenvalue weighted by molar-refractivity contribution is 5.93. The van der Waals surface area contributed by atoms with Gasteiger partial charge in [0.2, 0.25) is 0 Å². The van der Waals surface area contributed by atoms with Gasteiger partial charge in [-0.15, -0.1) is 0 Å². The van der Waals surface area contributed by atoms with Crippen LogP contribution < -0.4 is 20.2 Å². The fourth-order valence-corrected chi connectivity index (χ4v) is 1.88. The minimum atomic E-state index is -0.443. The zero-order valence-electron chi connectivity index (χ0n) is 11.8. The van der Waals surface area contributed by atoms with Crippen LogP contribution in [0.25, 0.3) is 0 Å². The first-order chi connectivity index (χ1) is 10.2. The number of benzene rings is 1. The number of hydrogen-bond donors (Lipinski definition) is 2. The Balaban J connectivity index is 2.14. The molecule has 0 saturated carbocycles. The van der Waals surface area contributed by atoms with E-state index in [9.17, 15) is 9.59 Å². The largest absolute Gasteiger partial charge is 0.497 e. The third-order valence-electron chi connectivity index (χ3n) is 3.00. The fraction of sp³-hybridized carbons (Fsp3) is 0.200. The molecule has 0 radical (unpaired) electrons. The van der Waals surface area contributed by atoms with Gasteiger partial charge in [-0.3, -0.25) is 9.59 Å². The lowest BCUT2D eigenvalue weighted by molar-refractivity contribution is 0.0949. The monoisotopic (exact) mass is 288 g/mol. The summed E-state index contributed by atoms with van der Waals surface area (Å²) in [4.78, 5) is 26.3. The van der Waals surface area contributed by atoms with Crippen molar-refractivity contribution >= 4 is 5.91 Å². The number of nitrogens with one attached hydrogen (secondary N) is 2. The zero-order valence-corrected chi connectivity index (χ0v) is 11.8. The van der Waals surface area contributed by atoms with Crippen LogP contribution in [0.2, 0.25) is 0 Å². The summed E-state index contributed by atoms with van der Waals surface area (Å²) in [5.74, 6) is 0.859. The fourth-order valence-electron chi connectivity index (χ4n) is 1.88. The molecule has 0 aliphatic heterocycles. The second-order valence-electron chi connectivity index (χ2n) is 4.28. The number of amides is 1. The third-order valence-corrected chi connectivity index (χ3v) is 3.00. The van der Waals surface area contributed by atoms with Crippen LogP contribution in [0, 0.1) is 0 Å². The van der Waals surface area contributed by atoms with Crippen LogP contribution in [0.5, 0.6) is 11.5 Å². The second-order valence-corrected chi connectivity index (χ2v) is 4.28. The number of pyridine rings is 1. The van der Waals surface area contributed by atoms with Gasteiger partial charge in [0, 0.05) is 30.6 Å². The zero-order chi connectivity index (χ0) is 15.2. The summed E-state index contributed by atoms with van der Waals surface area (Å²) in [7, 11) is 3.11. The SMILES string of the molecule is COc1ccc(OC)c(CNC(=O)c2c[nH]ccc2=O)c1. The van der Waals surface area contributed by atoms with Crippen LogP contribution in [-0.4, -0.2) is 25.1 Å². The Labute approximate surface area is 121 Å². The van der Waals surface area contributed by atoms with E-state index in [1.807, 2.05) is 0 Å². The van der Waals surface area contributed by atoms with Crippen LogP contribution in [-0.2, 0) is 6.54 Å². The maximum absolute atomic E-state index is 12.0. The highest BCUT2D eigenvalue weighted by Crippen LogP contribution is 2.23. The van der Waals surface area contributed by atoms with E-state index in [0.717, 1.165) is 5.56 Å². The topological polar surface area (TPSA) is 80.4 Å². The molecule has 0 aliphatic rings. The van der Waals surface area contributed by atoms with Gasteiger partial charge in [0.25, 0.3) is 5.91 Å². The van der Waals surface area contributed by atoms with Crippen LogP contribution in [0.1, 0.15) is 15.9 Å². The van der Waals surface area contributed by atoms with Crippen LogP contribution in [0.3, 0.4) is 0 Å². The number of aromatic amines is 1. The number of carbonyl (C=O) groups is 1. The predicted molar refractivity (Wildman–Crippen MR) is 77.8 cm³/mol. The van der Waals surface area contributed by atoms with Gasteiger partial charge in [-0.2, -0.15) is 0 Å². The van der Waals surface area contributed by atoms with E-state index in [-0.39, 0.29) is 17.5 Å². The predicted octanol–water partition coefficient (Wildman–Crippen LogP) is 1.32. The lowest BCUT2D eigenvalue weighted by atomic mass is 10.1. The Kier molecular flexibility index (Phi) is 4.61. The first-order valence-corrected chi connectivity index (χ1v) is 6.32. The van der Waals surface area contributed by atoms with Crippen molar-refractivity contribution < 1.29 is 14.3 Å². The van der Waals surface area contributed by atoms with E-state index in [1.165, 1.54) is 18.5 Å². The maximum atomic E-state index is 12.0. The minimum absolute atomic E-state index is 0.0689. The molecule has 21 heavy (non-hydrogen) atoms. The number of rotatable bonds is 5. The second kappa shape index (κ2) is 6.60. The molecule has 0 aliphatic carbocycles. The molecule has 2 aromatic rings. The first kappa shape index (κ1) is 14.6. The normalized spacial score (nSPS) is 10.0. The van der Waals surface area contributed by atoms with Gasteiger partial charge in [0.05, 0.1) is 14.2 Å². The van der Waals surface area contributed by atoms with Crippen LogP contribution >= 0.6 is 0 Å². The van der Waals surface area contributed by atoms with Crippen molar-refractivity contribution in [2.45, 2.75) is 6.54 Å². The Morgan fingerprint density at radius 3 is 2.71 bits per heavy atom. The van der Waals surface area contributed by atoms with E-state index < -0.39 is 5.91 Å². The van der Waals surface area contributed by atoms with Crippen molar-refractivity contribution in [1.82, 2.24) is 10.3 Å². The van der Waals surface area contributed by atoms with E-state index >= 15 is 0 Å². The molecule has 0 atom stereocenters. The van der Waals surface area contributed by atoms with Gasteiger partial charge in [-0.25, -0.2) is 0 Å². The standard InChI is InChI=1S/C15H16N2O4/c1-20-11-3-4-14(21-2)10(7-11)8-17-15(19)12-9-16-6-5-13(12)18/h3-7,9H,8H2,1-2H3,(H,16,18)(H,17,19). The molecular weight excluding hydrogens is 272 g/mol. The summed E-state index contributed by atoms with van der Waals surface area (Å²) < 4.78 is 10.4. The van der Waals surface area contributed by atoms with E-state index in [1.54, 1.807) is 32.4 Å². The van der Waals surface area contributed by atoms with Crippen molar-refractivity contribution in [3.8, 4) is 11.5 Å². The van der Waals surface area contributed by atoms with Gasteiger partial charge in [-0.05, 0) is 18.2 Å². The van der Waals surface area contributed by atoms with Crippen molar-refractivity contribution in [1.29, 1.82) is 0 Å². The summed E-state index contributed by atoms with van der Waals surface area (Å²) in [6, 6.07) is 6.61. The van der Waals surface area contributed by atoms with Crippen molar-refractivity contribution in [3.63, 3.8) is 0 Å². The van der Waals surface area contributed by atoms with Crippen molar-refractivity contribution in [3.05, 3.63) is 58.0 Å². The molecule has 110 valence electrons. The molecule has 6 heteroatoms. The third kappa shape index (κ3) is 3.42. The molecule has 1 aromatic heterocycles. The minimum Gasteiger partial charge on any atom is -0.497 e. The quantitative estimate of drug-likeness (QED) is 0.869. The molecule has 6 nitrogen and oxygen atoms in total. The van der Waals surface area contributed by atoms with E-state index in [4.69, 9.17) is 9.47 Å². The number of ether oxygens (including phenoxy) is 2. The van der Waals surface area contributed by atoms with Gasteiger partial charge < -0.3 is 19.8 Å². The van der Waals surface area contributed by atoms with E-state index in [0.29, 0.717) is 11.5 Å². The molecule has 1 heterocycles. The molecule has 0 bridgehead atoms. The van der Waals surface area contributed by atoms with E-state index in [2.05, 4.69) is 10.3 Å². The van der Waals surface area contributed by atoms with Crippen LogP contribution in [0.4, 0.5) is 0 Å². The molecule has 2 rings (SSSR count). The molecule has 1 amide bonds. The molecule has 2 N–H and O–H groups in total. The number of carbonyl (C=O) groups excluding carboxylic acids is 1. The molecule has 0 fully saturated rings. The Morgan fingerprint density at radius 2 is 2.05 bits per heavy atom. The summed E-state index contributed by atoms with van der Waals surface area (Å²) in [5, 5.41) is 2.69. The molecule has 0 saturated heterocycles. The van der Waals surface area contributed by atoms with Crippen LogP contribution in [0.15, 0.2) is 41.5 Å². The Hall–Kier alpha value is -2.76. The lowest BCUT2D eigenvalue weighted by Crippen LogP contribution is -2.28. The number of H-pyrrole nitrogens is 1. The summed E-state index contributed by atoms with van der Waals surface area (Å²) >= 11 is 0. The Morgan fingerprint density at radius 1 is 1.24 bits per heavy atom. The van der Waals surface area contributed by atoms with Gasteiger partial charge in [-0.1, -0.05) is 0 Å². The van der Waals surface area contributed by atoms with Gasteiger partial charge in [0.1, 0.15) is 17.1 Å². The smallest absolute Gasteiger partial charge is 0.257 e. The number of methoxy groups -OCH3 is 2. The van der Waals surface area contributed by atoms with Gasteiger partial charge >= 0.3 is 0 Å². The average Bonchev–Trinajstić information content (AvgIpc) is 2.52. The number of hydrogen-bond acceptors (Lipinski definition) is 4. The molecule has 0 spiro atoms. The lowest BCUT2D eigenvalue weighted by Gasteiger charge is -2.11. The average molecular weight is 288 g/mol. The Bertz CT molecular complexity index is 694. The summed E-state index contributed by atoms with van der Waals surface area (Å²) in [5.41, 5.74) is 0.501. The summed E-state index contributed by atoms with van der Waals surface area (Å²) in [6.45, 7) is 0.230.